The van der Waals surface area contributed by atoms with Crippen LogP contribution in [0.1, 0.15) is 18.1 Å². The van der Waals surface area contributed by atoms with Crippen LogP contribution in [0.3, 0.4) is 0 Å². The van der Waals surface area contributed by atoms with Gasteiger partial charge in [0.25, 0.3) is 0 Å². The van der Waals surface area contributed by atoms with Gasteiger partial charge in [0, 0.05) is 0 Å². The highest BCUT2D eigenvalue weighted by molar-refractivity contribution is 5.58. The average Bonchev–Trinajstić information content (AvgIpc) is 2.65. The van der Waals surface area contributed by atoms with Crippen LogP contribution in [-0.2, 0) is 6.54 Å². The van der Waals surface area contributed by atoms with Crippen LogP contribution in [0.2, 0.25) is 0 Å². The number of halogens is 1. The number of aromatic hydroxyl groups is 1. The number of anilines is 1. The number of nitrogens with zero attached hydrogens (tertiary/aromatic N) is 1. The second kappa shape index (κ2) is 8.23. The largest absolute Gasteiger partial charge is 0.504 e. The number of rotatable bonds is 5. The zero-order valence-corrected chi connectivity index (χ0v) is 15.3. The van der Waals surface area contributed by atoms with Gasteiger partial charge in [-0.05, 0) is 36.8 Å². The number of phenolic OH excluding ortho intramolecular Hbond substituents is 1. The minimum Gasteiger partial charge on any atom is -0.504 e. The Bertz CT molecular complexity index is 784. The third-order valence-electron chi connectivity index (χ3n) is 4.86. The van der Waals surface area contributed by atoms with Crippen molar-refractivity contribution in [2.24, 2.45) is 0 Å². The summed E-state index contributed by atoms with van der Waals surface area (Å²) in [6.07, 6.45) is 3.96. The number of piperazine rings is 1. The second-order valence-corrected chi connectivity index (χ2v) is 6.60. The van der Waals surface area contributed by atoms with Gasteiger partial charge in [-0.15, -0.1) is 0 Å². The van der Waals surface area contributed by atoms with E-state index < -0.39 is 0 Å². The average molecular weight is 357 g/mol. The molecule has 26 heavy (non-hydrogen) atoms. The monoisotopic (exact) mass is 357 g/mol. The summed E-state index contributed by atoms with van der Waals surface area (Å²) in [5, 5.41) is 10.5. The maximum Gasteiger partial charge on any atom is 0.166 e. The Kier molecular flexibility index (Phi) is 5.78. The number of para-hydroxylation sites is 1. The standard InChI is InChI=1S/C21H25FN2O2/c1-3-6-16-13-17(21(25)20(14-16)26-2)15-23-9-11-24(12-10-23)19-8-5-4-7-18(19)22/h3-8,13-14,25H,9-12,15H2,1-2H3/p+1/b6-3+. The lowest BCUT2D eigenvalue weighted by Gasteiger charge is -2.34. The van der Waals surface area contributed by atoms with E-state index in [1.807, 2.05) is 43.3 Å². The molecule has 5 heteroatoms. The number of benzene rings is 2. The van der Waals surface area contributed by atoms with E-state index in [1.165, 1.54) is 11.0 Å². The maximum atomic E-state index is 14.0. The molecular weight excluding hydrogens is 331 g/mol. The van der Waals surface area contributed by atoms with Crippen molar-refractivity contribution in [2.45, 2.75) is 13.5 Å². The molecule has 0 bridgehead atoms. The van der Waals surface area contributed by atoms with Crippen molar-refractivity contribution >= 4 is 11.8 Å². The summed E-state index contributed by atoms with van der Waals surface area (Å²) in [7, 11) is 1.57. The molecule has 1 saturated heterocycles. The van der Waals surface area contributed by atoms with Crippen molar-refractivity contribution in [2.75, 3.05) is 38.2 Å². The Morgan fingerprint density at radius 3 is 2.62 bits per heavy atom. The van der Waals surface area contributed by atoms with Crippen LogP contribution in [-0.4, -0.2) is 38.4 Å². The molecule has 4 nitrogen and oxygen atoms in total. The molecule has 3 rings (SSSR count). The minimum absolute atomic E-state index is 0.169. The fourth-order valence-electron chi connectivity index (χ4n) is 3.49. The molecule has 2 aromatic carbocycles. The lowest BCUT2D eigenvalue weighted by Crippen LogP contribution is -3.13. The van der Waals surface area contributed by atoms with Crippen molar-refractivity contribution in [1.29, 1.82) is 0 Å². The first kappa shape index (κ1) is 18.3. The summed E-state index contributed by atoms with van der Waals surface area (Å²) in [6.45, 7) is 6.06. The minimum atomic E-state index is -0.169. The molecule has 0 amide bonds. The summed E-state index contributed by atoms with van der Waals surface area (Å²) >= 11 is 0. The molecule has 138 valence electrons. The maximum absolute atomic E-state index is 14.0. The summed E-state index contributed by atoms with van der Waals surface area (Å²) in [5.74, 6) is 0.544. The van der Waals surface area contributed by atoms with Crippen LogP contribution in [0.25, 0.3) is 6.08 Å². The predicted octanol–water partition coefficient (Wildman–Crippen LogP) is 2.48. The zero-order valence-electron chi connectivity index (χ0n) is 15.3. The van der Waals surface area contributed by atoms with Gasteiger partial charge in [0.1, 0.15) is 12.4 Å². The fourth-order valence-corrected chi connectivity index (χ4v) is 3.49. The normalized spacial score (nSPS) is 15.6. The summed E-state index contributed by atoms with van der Waals surface area (Å²) in [6, 6.07) is 10.8. The van der Waals surface area contributed by atoms with Crippen molar-refractivity contribution in [3.8, 4) is 11.5 Å². The van der Waals surface area contributed by atoms with Crippen LogP contribution >= 0.6 is 0 Å². The first-order valence-electron chi connectivity index (χ1n) is 8.98. The Morgan fingerprint density at radius 2 is 1.96 bits per heavy atom. The summed E-state index contributed by atoms with van der Waals surface area (Å²) in [5.41, 5.74) is 2.57. The van der Waals surface area contributed by atoms with Crippen LogP contribution in [0.15, 0.2) is 42.5 Å². The molecule has 0 unspecified atom stereocenters. The van der Waals surface area contributed by atoms with Gasteiger partial charge in [0.2, 0.25) is 0 Å². The number of hydrogen-bond acceptors (Lipinski definition) is 3. The number of phenols is 1. The summed E-state index contributed by atoms with van der Waals surface area (Å²) in [4.78, 5) is 3.46. The Morgan fingerprint density at radius 1 is 1.23 bits per heavy atom. The molecule has 1 heterocycles. The molecule has 2 N–H and O–H groups in total. The summed E-state index contributed by atoms with van der Waals surface area (Å²) < 4.78 is 19.3. The van der Waals surface area contributed by atoms with Crippen LogP contribution in [0, 0.1) is 5.82 Å². The number of ether oxygens (including phenoxy) is 1. The Balaban J connectivity index is 1.70. The van der Waals surface area contributed by atoms with Gasteiger partial charge in [-0.2, -0.15) is 0 Å². The van der Waals surface area contributed by atoms with Gasteiger partial charge in [-0.1, -0.05) is 24.3 Å². The van der Waals surface area contributed by atoms with Crippen molar-refractivity contribution in [1.82, 2.24) is 0 Å². The van der Waals surface area contributed by atoms with Gasteiger partial charge >= 0.3 is 0 Å². The zero-order chi connectivity index (χ0) is 18.5. The topological polar surface area (TPSA) is 37.1 Å². The molecule has 0 atom stereocenters. The lowest BCUT2D eigenvalue weighted by molar-refractivity contribution is -0.914. The van der Waals surface area contributed by atoms with E-state index in [-0.39, 0.29) is 11.6 Å². The number of hydrogen-bond donors (Lipinski definition) is 2. The molecule has 1 fully saturated rings. The third-order valence-corrected chi connectivity index (χ3v) is 4.86. The van der Waals surface area contributed by atoms with Crippen LogP contribution in [0.5, 0.6) is 11.5 Å². The van der Waals surface area contributed by atoms with Crippen molar-refractivity contribution in [3.05, 3.63) is 59.4 Å². The molecule has 1 aliphatic rings. The van der Waals surface area contributed by atoms with E-state index in [4.69, 9.17) is 4.74 Å². The van der Waals surface area contributed by atoms with Crippen LogP contribution in [0.4, 0.5) is 10.1 Å². The number of allylic oxidation sites excluding steroid dienone is 1. The molecule has 0 aromatic heterocycles. The number of nitrogens with one attached hydrogen (secondary N) is 1. The first-order chi connectivity index (χ1) is 12.6. The SMILES string of the molecule is C/C=C/c1cc(C[NH+]2CCN(c3ccccc3F)CC2)c(O)c(OC)c1. The van der Waals surface area contributed by atoms with E-state index in [0.29, 0.717) is 11.4 Å². The van der Waals surface area contributed by atoms with Gasteiger partial charge in [-0.25, -0.2) is 4.39 Å². The van der Waals surface area contributed by atoms with E-state index in [9.17, 15) is 9.50 Å². The molecule has 0 aliphatic carbocycles. The Labute approximate surface area is 154 Å². The highest BCUT2D eigenvalue weighted by Crippen LogP contribution is 2.31. The van der Waals surface area contributed by atoms with Crippen molar-refractivity contribution < 1.29 is 19.1 Å². The second-order valence-electron chi connectivity index (χ2n) is 6.60. The molecule has 0 spiro atoms. The van der Waals surface area contributed by atoms with Gasteiger partial charge in [0.05, 0.1) is 44.5 Å². The highest BCUT2D eigenvalue weighted by atomic mass is 19.1. The third kappa shape index (κ3) is 3.99. The number of quaternary nitrogens is 1. The molecular formula is C21H26FN2O2+. The van der Waals surface area contributed by atoms with E-state index in [2.05, 4.69) is 4.90 Å². The van der Waals surface area contributed by atoms with Gasteiger partial charge < -0.3 is 19.6 Å². The quantitative estimate of drug-likeness (QED) is 0.863. The highest BCUT2D eigenvalue weighted by Gasteiger charge is 2.23. The number of methoxy groups -OCH3 is 1. The Hall–Kier alpha value is -2.53. The molecule has 0 saturated carbocycles. The van der Waals surface area contributed by atoms with E-state index >= 15 is 0 Å². The molecule has 2 aromatic rings. The first-order valence-corrected chi connectivity index (χ1v) is 8.98. The van der Waals surface area contributed by atoms with Gasteiger partial charge in [0.15, 0.2) is 11.5 Å². The van der Waals surface area contributed by atoms with E-state index in [0.717, 1.165) is 43.9 Å². The van der Waals surface area contributed by atoms with Crippen molar-refractivity contribution in [3.63, 3.8) is 0 Å². The van der Waals surface area contributed by atoms with Gasteiger partial charge in [-0.3, -0.25) is 0 Å². The molecule has 1 aliphatic heterocycles. The van der Waals surface area contributed by atoms with Crippen LogP contribution < -0.4 is 14.5 Å². The van der Waals surface area contributed by atoms with E-state index in [1.54, 1.807) is 13.2 Å². The lowest BCUT2D eigenvalue weighted by atomic mass is 10.1. The fraction of sp³-hybridized carbons (Fsp3) is 0.333. The smallest absolute Gasteiger partial charge is 0.166 e. The predicted molar refractivity (Wildman–Crippen MR) is 102 cm³/mol. The molecule has 0 radical (unpaired) electrons.